The highest BCUT2D eigenvalue weighted by Crippen LogP contribution is 2.38. The zero-order valence-electron chi connectivity index (χ0n) is 13.9. The minimum absolute atomic E-state index is 0.494. The van der Waals surface area contributed by atoms with Crippen LogP contribution in [-0.4, -0.2) is 11.0 Å². The Morgan fingerprint density at radius 2 is 1.72 bits per heavy atom. The Kier molecular flexibility index (Phi) is 4.96. The lowest BCUT2D eigenvalue weighted by atomic mass is 9.95. The van der Waals surface area contributed by atoms with Crippen molar-refractivity contribution in [3.8, 4) is 11.3 Å². The van der Waals surface area contributed by atoms with Crippen LogP contribution in [0, 0.1) is 0 Å². The number of hydrogen-bond donors (Lipinski definition) is 1. The van der Waals surface area contributed by atoms with Crippen molar-refractivity contribution in [2.45, 2.75) is 38.1 Å². The van der Waals surface area contributed by atoms with E-state index >= 15 is 0 Å². The Balaban J connectivity index is 1.86. The molecule has 4 heteroatoms. The first-order chi connectivity index (χ1) is 12.2. The lowest BCUT2D eigenvalue weighted by molar-refractivity contribution is 0.462. The molecule has 0 atom stereocenters. The van der Waals surface area contributed by atoms with Gasteiger partial charge in [-0.15, -0.1) is 0 Å². The molecule has 0 aliphatic heterocycles. The van der Waals surface area contributed by atoms with Crippen LogP contribution in [0.2, 0.25) is 5.02 Å². The summed E-state index contributed by atoms with van der Waals surface area (Å²) >= 11 is 10.0. The first-order valence-corrected chi connectivity index (χ1v) is 10.0. The maximum Gasteiger partial charge on any atom is 0.134 e. The molecule has 2 nitrogen and oxygen atoms in total. The Bertz CT molecular complexity index is 889. The molecule has 1 fully saturated rings. The summed E-state index contributed by atoms with van der Waals surface area (Å²) in [7, 11) is 0. The SMILES string of the molecule is Clc1ccc2c(Br)c(-c3ccccc3)nc(NC3CCCCC3)c2c1. The summed E-state index contributed by atoms with van der Waals surface area (Å²) in [6, 6.07) is 16.8. The second-order valence-corrected chi connectivity index (χ2v) is 7.89. The van der Waals surface area contributed by atoms with E-state index < -0.39 is 0 Å². The van der Waals surface area contributed by atoms with Crippen LogP contribution in [0.5, 0.6) is 0 Å². The second kappa shape index (κ2) is 7.35. The van der Waals surface area contributed by atoms with E-state index in [1.54, 1.807) is 0 Å². The molecular weight excluding hydrogens is 396 g/mol. The summed E-state index contributed by atoms with van der Waals surface area (Å²) in [5.74, 6) is 0.937. The quantitative estimate of drug-likeness (QED) is 0.495. The number of pyridine rings is 1. The Labute approximate surface area is 161 Å². The number of hydrogen-bond acceptors (Lipinski definition) is 2. The highest BCUT2D eigenvalue weighted by Gasteiger charge is 2.18. The molecule has 1 aromatic heterocycles. The lowest BCUT2D eigenvalue weighted by Gasteiger charge is -2.24. The van der Waals surface area contributed by atoms with E-state index in [2.05, 4.69) is 39.4 Å². The van der Waals surface area contributed by atoms with Crippen molar-refractivity contribution < 1.29 is 0 Å². The molecule has 1 aliphatic carbocycles. The first-order valence-electron chi connectivity index (χ1n) is 8.83. The first kappa shape index (κ1) is 16.9. The van der Waals surface area contributed by atoms with Gasteiger partial charge in [0, 0.05) is 27.4 Å². The smallest absolute Gasteiger partial charge is 0.134 e. The number of fused-ring (bicyclic) bond motifs is 1. The Hall–Kier alpha value is -1.58. The van der Waals surface area contributed by atoms with Crippen molar-refractivity contribution in [3.63, 3.8) is 0 Å². The van der Waals surface area contributed by atoms with E-state index in [0.29, 0.717) is 6.04 Å². The van der Waals surface area contributed by atoms with Gasteiger partial charge in [0.2, 0.25) is 0 Å². The van der Waals surface area contributed by atoms with Crippen molar-refractivity contribution in [1.29, 1.82) is 0 Å². The summed E-state index contributed by atoms with van der Waals surface area (Å²) in [6.07, 6.45) is 6.34. The maximum absolute atomic E-state index is 6.27. The summed E-state index contributed by atoms with van der Waals surface area (Å²) in [5.41, 5.74) is 2.08. The van der Waals surface area contributed by atoms with Crippen LogP contribution >= 0.6 is 27.5 Å². The second-order valence-electron chi connectivity index (χ2n) is 6.66. The third-order valence-electron chi connectivity index (χ3n) is 4.90. The van der Waals surface area contributed by atoms with E-state index in [1.807, 2.05) is 30.3 Å². The normalized spacial score (nSPS) is 15.4. The van der Waals surface area contributed by atoms with Gasteiger partial charge in [-0.2, -0.15) is 0 Å². The van der Waals surface area contributed by atoms with Crippen LogP contribution in [0.15, 0.2) is 53.0 Å². The predicted molar refractivity (Wildman–Crippen MR) is 110 cm³/mol. The lowest BCUT2D eigenvalue weighted by Crippen LogP contribution is -2.23. The third kappa shape index (κ3) is 3.54. The maximum atomic E-state index is 6.27. The van der Waals surface area contributed by atoms with Crippen LogP contribution in [0.25, 0.3) is 22.0 Å². The van der Waals surface area contributed by atoms with Crippen molar-refractivity contribution in [1.82, 2.24) is 4.98 Å². The van der Waals surface area contributed by atoms with E-state index in [0.717, 1.165) is 37.3 Å². The molecule has 1 heterocycles. The topological polar surface area (TPSA) is 24.9 Å². The minimum atomic E-state index is 0.494. The summed E-state index contributed by atoms with van der Waals surface area (Å²) in [5, 5.41) is 6.64. The number of rotatable bonds is 3. The molecular formula is C21H20BrClN2. The fourth-order valence-corrected chi connectivity index (χ4v) is 4.43. The molecule has 0 radical (unpaired) electrons. The van der Waals surface area contributed by atoms with Gasteiger partial charge < -0.3 is 5.32 Å². The molecule has 0 amide bonds. The Morgan fingerprint density at radius 3 is 2.48 bits per heavy atom. The molecule has 0 unspecified atom stereocenters. The van der Waals surface area contributed by atoms with E-state index in [4.69, 9.17) is 16.6 Å². The summed E-state index contributed by atoms with van der Waals surface area (Å²) in [4.78, 5) is 4.99. The molecule has 0 spiro atoms. The summed E-state index contributed by atoms with van der Waals surface area (Å²) < 4.78 is 1.01. The molecule has 3 aromatic rings. The van der Waals surface area contributed by atoms with Crippen molar-refractivity contribution in [3.05, 3.63) is 58.0 Å². The van der Waals surface area contributed by atoms with Crippen LogP contribution < -0.4 is 5.32 Å². The zero-order chi connectivity index (χ0) is 17.2. The van der Waals surface area contributed by atoms with Crippen LogP contribution in [0.1, 0.15) is 32.1 Å². The number of benzene rings is 2. The number of aromatic nitrogens is 1. The van der Waals surface area contributed by atoms with E-state index in [-0.39, 0.29) is 0 Å². The average Bonchev–Trinajstić information content (AvgIpc) is 2.65. The standard InChI is InChI=1S/C21H20BrClN2/c22-19-17-12-11-15(23)13-18(17)21(24-16-9-5-2-6-10-16)25-20(19)14-7-3-1-4-8-14/h1,3-4,7-8,11-13,16H,2,5-6,9-10H2,(H,24,25). The molecule has 1 saturated carbocycles. The Morgan fingerprint density at radius 1 is 0.960 bits per heavy atom. The zero-order valence-corrected chi connectivity index (χ0v) is 16.3. The number of anilines is 1. The highest BCUT2D eigenvalue weighted by atomic mass is 79.9. The molecule has 25 heavy (non-hydrogen) atoms. The molecule has 0 bridgehead atoms. The fraction of sp³-hybridized carbons (Fsp3) is 0.286. The monoisotopic (exact) mass is 414 g/mol. The van der Waals surface area contributed by atoms with Gasteiger partial charge in [0.05, 0.1) is 10.2 Å². The molecule has 1 N–H and O–H groups in total. The van der Waals surface area contributed by atoms with Crippen LogP contribution in [0.4, 0.5) is 5.82 Å². The largest absolute Gasteiger partial charge is 0.367 e. The predicted octanol–water partition coefficient (Wildman–Crippen LogP) is 7.06. The van der Waals surface area contributed by atoms with Crippen LogP contribution in [0.3, 0.4) is 0 Å². The number of nitrogens with one attached hydrogen (secondary N) is 1. The van der Waals surface area contributed by atoms with Crippen molar-refractivity contribution >= 4 is 44.1 Å². The van der Waals surface area contributed by atoms with Crippen LogP contribution in [-0.2, 0) is 0 Å². The molecule has 2 aromatic carbocycles. The van der Waals surface area contributed by atoms with Crippen molar-refractivity contribution in [2.24, 2.45) is 0 Å². The molecule has 0 saturated heterocycles. The van der Waals surface area contributed by atoms with Gasteiger partial charge in [-0.1, -0.05) is 67.3 Å². The number of halogens is 2. The van der Waals surface area contributed by atoms with E-state index in [1.165, 1.54) is 32.1 Å². The number of nitrogens with zero attached hydrogens (tertiary/aromatic N) is 1. The van der Waals surface area contributed by atoms with Gasteiger partial charge in [0.1, 0.15) is 5.82 Å². The van der Waals surface area contributed by atoms with Gasteiger partial charge in [-0.25, -0.2) is 4.98 Å². The van der Waals surface area contributed by atoms with E-state index in [9.17, 15) is 0 Å². The van der Waals surface area contributed by atoms with Gasteiger partial charge in [-0.05, 0) is 40.9 Å². The fourth-order valence-electron chi connectivity index (χ4n) is 3.59. The minimum Gasteiger partial charge on any atom is -0.367 e. The summed E-state index contributed by atoms with van der Waals surface area (Å²) in [6.45, 7) is 0. The molecule has 4 rings (SSSR count). The highest BCUT2D eigenvalue weighted by molar-refractivity contribution is 9.10. The molecule has 128 valence electrons. The average molecular weight is 416 g/mol. The molecule has 1 aliphatic rings. The van der Waals surface area contributed by atoms with Crippen molar-refractivity contribution in [2.75, 3.05) is 5.32 Å². The third-order valence-corrected chi connectivity index (χ3v) is 5.94. The van der Waals surface area contributed by atoms with Gasteiger partial charge in [0.15, 0.2) is 0 Å². The van der Waals surface area contributed by atoms with Gasteiger partial charge >= 0.3 is 0 Å². The van der Waals surface area contributed by atoms with Gasteiger partial charge in [-0.3, -0.25) is 0 Å². The van der Waals surface area contributed by atoms with Gasteiger partial charge in [0.25, 0.3) is 0 Å².